The van der Waals surface area contributed by atoms with Gasteiger partial charge in [-0.05, 0) is 6.42 Å². The summed E-state index contributed by atoms with van der Waals surface area (Å²) in [6.07, 6.45) is 4.38. The number of anilines is 1. The van der Waals surface area contributed by atoms with E-state index in [1.807, 2.05) is 0 Å². The van der Waals surface area contributed by atoms with Gasteiger partial charge in [0.15, 0.2) is 5.82 Å². The molecule has 8 nitrogen and oxygen atoms in total. The van der Waals surface area contributed by atoms with Crippen molar-refractivity contribution in [1.82, 2.24) is 20.1 Å². The quantitative estimate of drug-likeness (QED) is 0.825. The zero-order valence-corrected chi connectivity index (χ0v) is 12.1. The molecule has 0 N–H and O–H groups in total. The molecule has 1 unspecified atom stereocenters. The molecule has 0 aliphatic carbocycles. The van der Waals surface area contributed by atoms with Crippen LogP contribution in [0.4, 0.5) is 5.95 Å². The minimum Gasteiger partial charge on any atom is -0.381 e. The molecule has 8 heteroatoms. The molecule has 4 rings (SSSR count). The van der Waals surface area contributed by atoms with Crippen LogP contribution in [0.25, 0.3) is 11.5 Å². The van der Waals surface area contributed by atoms with Gasteiger partial charge in [0, 0.05) is 38.0 Å². The Balaban J connectivity index is 1.50. The van der Waals surface area contributed by atoms with Crippen LogP contribution in [0.2, 0.25) is 0 Å². The lowest BCUT2D eigenvalue weighted by atomic mass is 10.1. The monoisotopic (exact) mass is 303 g/mol. The Morgan fingerprint density at radius 3 is 2.59 bits per heavy atom. The molecular weight excluding hydrogens is 286 g/mol. The molecule has 0 saturated carbocycles. The van der Waals surface area contributed by atoms with Crippen molar-refractivity contribution in [2.24, 2.45) is 0 Å². The Hall–Kier alpha value is -2.06. The Morgan fingerprint density at radius 2 is 1.86 bits per heavy atom. The van der Waals surface area contributed by atoms with E-state index in [1.165, 1.54) is 0 Å². The number of aromatic nitrogens is 4. The van der Waals surface area contributed by atoms with Gasteiger partial charge in [-0.25, -0.2) is 9.97 Å². The fraction of sp³-hybridized carbons (Fsp3) is 0.571. The molecular formula is C14H17N5O3. The third kappa shape index (κ3) is 2.67. The van der Waals surface area contributed by atoms with Crippen molar-refractivity contribution in [3.8, 4) is 11.5 Å². The number of ether oxygens (including phenoxy) is 2. The highest BCUT2D eigenvalue weighted by atomic mass is 16.5. The van der Waals surface area contributed by atoms with Gasteiger partial charge in [0.1, 0.15) is 0 Å². The average molecular weight is 303 g/mol. The Morgan fingerprint density at radius 1 is 1.05 bits per heavy atom. The minimum absolute atomic E-state index is 0.228. The van der Waals surface area contributed by atoms with Gasteiger partial charge in [0.25, 0.3) is 5.89 Å². The Labute approximate surface area is 127 Å². The van der Waals surface area contributed by atoms with E-state index in [1.54, 1.807) is 12.4 Å². The predicted octanol–water partition coefficient (Wildman–Crippen LogP) is 0.867. The molecule has 1 atom stereocenters. The summed E-state index contributed by atoms with van der Waals surface area (Å²) in [7, 11) is 0. The fourth-order valence-corrected chi connectivity index (χ4v) is 2.61. The summed E-state index contributed by atoms with van der Waals surface area (Å²) in [6.45, 7) is 4.46. The molecule has 2 aromatic rings. The third-order valence-corrected chi connectivity index (χ3v) is 3.92. The SMILES string of the molecule is c1nc(N2CCOCC2)ncc1-c1nc(C2CCOC2)no1. The Bertz CT molecular complexity index is 618. The first-order chi connectivity index (χ1) is 10.9. The summed E-state index contributed by atoms with van der Waals surface area (Å²) in [5, 5.41) is 4.04. The van der Waals surface area contributed by atoms with Crippen molar-refractivity contribution >= 4 is 5.95 Å². The van der Waals surface area contributed by atoms with Crippen LogP contribution in [0.3, 0.4) is 0 Å². The second kappa shape index (κ2) is 5.98. The van der Waals surface area contributed by atoms with Crippen LogP contribution in [-0.4, -0.2) is 59.6 Å². The number of nitrogens with zero attached hydrogens (tertiary/aromatic N) is 5. The summed E-state index contributed by atoms with van der Waals surface area (Å²) >= 11 is 0. The van der Waals surface area contributed by atoms with Crippen LogP contribution in [0.15, 0.2) is 16.9 Å². The molecule has 0 spiro atoms. The average Bonchev–Trinajstić information content (AvgIpc) is 3.27. The van der Waals surface area contributed by atoms with Crippen molar-refractivity contribution in [3.63, 3.8) is 0 Å². The first kappa shape index (κ1) is 13.6. The van der Waals surface area contributed by atoms with E-state index in [2.05, 4.69) is 25.0 Å². The van der Waals surface area contributed by atoms with Crippen LogP contribution in [0, 0.1) is 0 Å². The van der Waals surface area contributed by atoms with Gasteiger partial charge < -0.3 is 18.9 Å². The molecule has 2 aromatic heterocycles. The molecule has 4 heterocycles. The van der Waals surface area contributed by atoms with Crippen molar-refractivity contribution in [3.05, 3.63) is 18.2 Å². The van der Waals surface area contributed by atoms with Crippen LogP contribution >= 0.6 is 0 Å². The molecule has 2 aliphatic rings. The standard InChI is InChI=1S/C14H17N5O3/c1-4-21-9-10(1)12-17-13(22-18-12)11-7-15-14(16-8-11)19-2-5-20-6-3-19/h7-8,10H,1-6,9H2. The van der Waals surface area contributed by atoms with Crippen LogP contribution in [0.1, 0.15) is 18.2 Å². The minimum atomic E-state index is 0.228. The molecule has 0 aromatic carbocycles. The Kier molecular flexibility index (Phi) is 3.69. The lowest BCUT2D eigenvalue weighted by Gasteiger charge is -2.26. The van der Waals surface area contributed by atoms with Crippen LogP contribution in [0.5, 0.6) is 0 Å². The smallest absolute Gasteiger partial charge is 0.261 e. The van der Waals surface area contributed by atoms with Gasteiger partial charge in [-0.3, -0.25) is 0 Å². The van der Waals surface area contributed by atoms with Gasteiger partial charge in [-0.15, -0.1) is 0 Å². The highest BCUT2D eigenvalue weighted by molar-refractivity contribution is 5.51. The molecule has 22 heavy (non-hydrogen) atoms. The van der Waals surface area contributed by atoms with E-state index in [-0.39, 0.29) is 5.92 Å². The molecule has 0 bridgehead atoms. The maximum atomic E-state index is 5.35. The lowest BCUT2D eigenvalue weighted by Crippen LogP contribution is -2.37. The van der Waals surface area contributed by atoms with Crippen molar-refractivity contribution in [2.45, 2.75) is 12.3 Å². The summed E-state index contributed by atoms with van der Waals surface area (Å²) in [5.74, 6) is 2.09. The predicted molar refractivity (Wildman–Crippen MR) is 76.5 cm³/mol. The first-order valence-electron chi connectivity index (χ1n) is 7.46. The highest BCUT2D eigenvalue weighted by Crippen LogP contribution is 2.25. The number of hydrogen-bond acceptors (Lipinski definition) is 8. The topological polar surface area (TPSA) is 86.4 Å². The van der Waals surface area contributed by atoms with E-state index in [4.69, 9.17) is 14.0 Å². The molecule has 2 aliphatic heterocycles. The van der Waals surface area contributed by atoms with E-state index in [0.29, 0.717) is 37.5 Å². The van der Waals surface area contributed by atoms with Gasteiger partial charge >= 0.3 is 0 Å². The van der Waals surface area contributed by atoms with Crippen molar-refractivity contribution in [1.29, 1.82) is 0 Å². The molecule has 2 fully saturated rings. The number of morpholine rings is 1. The summed E-state index contributed by atoms with van der Waals surface area (Å²) in [6, 6.07) is 0. The highest BCUT2D eigenvalue weighted by Gasteiger charge is 2.23. The number of hydrogen-bond donors (Lipinski definition) is 0. The lowest BCUT2D eigenvalue weighted by molar-refractivity contribution is 0.122. The van der Waals surface area contributed by atoms with Crippen molar-refractivity contribution < 1.29 is 14.0 Å². The molecule has 116 valence electrons. The van der Waals surface area contributed by atoms with E-state index >= 15 is 0 Å². The van der Waals surface area contributed by atoms with E-state index < -0.39 is 0 Å². The normalized spacial score (nSPS) is 22.2. The summed E-state index contributed by atoms with van der Waals surface area (Å²) in [4.78, 5) is 15.3. The maximum absolute atomic E-state index is 5.35. The largest absolute Gasteiger partial charge is 0.381 e. The second-order valence-electron chi connectivity index (χ2n) is 5.39. The van der Waals surface area contributed by atoms with Gasteiger partial charge in [0.05, 0.1) is 25.4 Å². The zero-order chi connectivity index (χ0) is 14.8. The van der Waals surface area contributed by atoms with Gasteiger partial charge in [0.2, 0.25) is 5.95 Å². The van der Waals surface area contributed by atoms with Gasteiger partial charge in [-0.2, -0.15) is 4.98 Å². The van der Waals surface area contributed by atoms with Crippen molar-refractivity contribution in [2.75, 3.05) is 44.4 Å². The molecule has 2 saturated heterocycles. The summed E-state index contributed by atoms with van der Waals surface area (Å²) < 4.78 is 16.0. The third-order valence-electron chi connectivity index (χ3n) is 3.92. The summed E-state index contributed by atoms with van der Waals surface area (Å²) in [5.41, 5.74) is 0.731. The fourth-order valence-electron chi connectivity index (χ4n) is 2.61. The molecule has 0 radical (unpaired) electrons. The van der Waals surface area contributed by atoms with Gasteiger partial charge in [-0.1, -0.05) is 5.16 Å². The van der Waals surface area contributed by atoms with E-state index in [9.17, 15) is 0 Å². The van der Waals surface area contributed by atoms with Crippen LogP contribution < -0.4 is 4.90 Å². The van der Waals surface area contributed by atoms with E-state index in [0.717, 1.165) is 31.7 Å². The second-order valence-corrected chi connectivity index (χ2v) is 5.39. The molecule has 0 amide bonds. The van der Waals surface area contributed by atoms with Crippen LogP contribution in [-0.2, 0) is 9.47 Å². The first-order valence-corrected chi connectivity index (χ1v) is 7.46. The maximum Gasteiger partial charge on any atom is 0.261 e. The zero-order valence-electron chi connectivity index (χ0n) is 12.1. The number of rotatable bonds is 3.